The summed E-state index contributed by atoms with van der Waals surface area (Å²) >= 11 is 6.01. The lowest BCUT2D eigenvalue weighted by molar-refractivity contribution is -0.127. The molecule has 3 nitrogen and oxygen atoms in total. The average molecular weight is 252 g/mol. The number of carbonyl (C=O) groups is 2. The van der Waals surface area contributed by atoms with E-state index < -0.39 is 4.87 Å². The van der Waals surface area contributed by atoms with Crippen molar-refractivity contribution in [1.29, 1.82) is 0 Å². The number of imide groups is 1. The fraction of sp³-hybridized carbons (Fsp3) is 0.385. The topological polar surface area (TPSA) is 37.4 Å². The van der Waals surface area contributed by atoms with Gasteiger partial charge in [0.25, 0.3) is 5.91 Å². The van der Waals surface area contributed by atoms with E-state index in [2.05, 4.69) is 0 Å². The molecular weight excluding hydrogens is 238 g/mol. The number of alkyl halides is 1. The predicted molar refractivity (Wildman–Crippen MR) is 67.2 cm³/mol. The quantitative estimate of drug-likeness (QED) is 0.720. The summed E-state index contributed by atoms with van der Waals surface area (Å²) in [6.45, 7) is 3.20. The van der Waals surface area contributed by atoms with Gasteiger partial charge in [0, 0.05) is 6.42 Å². The van der Waals surface area contributed by atoms with E-state index in [1.54, 1.807) is 19.9 Å². The first kappa shape index (κ1) is 12.1. The highest BCUT2D eigenvalue weighted by Crippen LogP contribution is 2.30. The Labute approximate surface area is 105 Å². The van der Waals surface area contributed by atoms with Crippen LogP contribution in [0.4, 0.5) is 5.69 Å². The Hall–Kier alpha value is -1.35. The maximum atomic E-state index is 12.2. The summed E-state index contributed by atoms with van der Waals surface area (Å²) < 4.78 is 0. The number of hydrogen-bond donors (Lipinski definition) is 0. The lowest BCUT2D eigenvalue weighted by atomic mass is 9.99. The Morgan fingerprint density at radius 3 is 2.59 bits per heavy atom. The van der Waals surface area contributed by atoms with Crippen LogP contribution in [0.2, 0.25) is 0 Å². The van der Waals surface area contributed by atoms with Gasteiger partial charge in [-0.15, -0.1) is 11.6 Å². The van der Waals surface area contributed by atoms with Crippen LogP contribution in [0.25, 0.3) is 0 Å². The molecular formula is C13H14ClNO2. The molecule has 17 heavy (non-hydrogen) atoms. The van der Waals surface area contributed by atoms with Crippen molar-refractivity contribution in [2.45, 2.75) is 31.6 Å². The zero-order valence-electron chi connectivity index (χ0n) is 9.87. The van der Waals surface area contributed by atoms with Gasteiger partial charge in [-0.1, -0.05) is 18.2 Å². The van der Waals surface area contributed by atoms with Crippen LogP contribution < -0.4 is 4.90 Å². The molecule has 1 aromatic rings. The lowest BCUT2D eigenvalue weighted by Crippen LogP contribution is -2.47. The van der Waals surface area contributed by atoms with Crippen molar-refractivity contribution in [3.63, 3.8) is 0 Å². The van der Waals surface area contributed by atoms with E-state index in [1.165, 1.54) is 4.90 Å². The van der Waals surface area contributed by atoms with E-state index in [9.17, 15) is 9.59 Å². The van der Waals surface area contributed by atoms with Gasteiger partial charge >= 0.3 is 0 Å². The second kappa shape index (κ2) is 4.15. The first-order chi connectivity index (χ1) is 7.91. The van der Waals surface area contributed by atoms with Crippen LogP contribution in [-0.2, 0) is 16.0 Å². The molecule has 1 aliphatic rings. The van der Waals surface area contributed by atoms with Gasteiger partial charge in [0.15, 0.2) is 0 Å². The Morgan fingerprint density at radius 1 is 1.29 bits per heavy atom. The summed E-state index contributed by atoms with van der Waals surface area (Å²) in [5, 5.41) is 0. The minimum Gasteiger partial charge on any atom is -0.274 e. The second-order valence-corrected chi connectivity index (χ2v) is 5.58. The van der Waals surface area contributed by atoms with Crippen molar-refractivity contribution in [1.82, 2.24) is 0 Å². The monoisotopic (exact) mass is 251 g/mol. The van der Waals surface area contributed by atoms with E-state index in [-0.39, 0.29) is 11.8 Å². The molecule has 0 spiro atoms. The molecule has 4 heteroatoms. The second-order valence-electron chi connectivity index (χ2n) is 4.64. The number of rotatable bonds is 1. The van der Waals surface area contributed by atoms with Crippen LogP contribution in [0.3, 0.4) is 0 Å². The number of fused-ring (bicyclic) bond motifs is 1. The molecule has 2 amide bonds. The fourth-order valence-electron chi connectivity index (χ4n) is 1.92. The Kier molecular flexibility index (Phi) is 2.96. The fourth-order valence-corrected chi connectivity index (χ4v) is 2.00. The van der Waals surface area contributed by atoms with Gasteiger partial charge in [-0.25, -0.2) is 4.90 Å². The smallest absolute Gasteiger partial charge is 0.254 e. The summed E-state index contributed by atoms with van der Waals surface area (Å²) in [6, 6.07) is 7.44. The van der Waals surface area contributed by atoms with Crippen molar-refractivity contribution in [2.24, 2.45) is 0 Å². The molecule has 0 aromatic heterocycles. The number of hydrogen-bond acceptors (Lipinski definition) is 2. The highest BCUT2D eigenvalue weighted by molar-refractivity contribution is 6.39. The molecule has 0 fully saturated rings. The molecule has 0 unspecified atom stereocenters. The van der Waals surface area contributed by atoms with Crippen LogP contribution in [0.5, 0.6) is 0 Å². The van der Waals surface area contributed by atoms with E-state index in [0.717, 1.165) is 5.56 Å². The van der Waals surface area contributed by atoms with Gasteiger partial charge in [0.05, 0.1) is 5.69 Å². The standard InChI is InChI=1S/C13H14ClNO2/c1-13(2,14)12(17)15-10-6-4-3-5-9(10)7-8-11(15)16/h3-6H,7-8H2,1-2H3. The molecule has 1 aromatic carbocycles. The van der Waals surface area contributed by atoms with Gasteiger partial charge < -0.3 is 0 Å². The zero-order valence-corrected chi connectivity index (χ0v) is 10.6. The van der Waals surface area contributed by atoms with E-state index >= 15 is 0 Å². The average Bonchev–Trinajstić information content (AvgIpc) is 2.27. The van der Waals surface area contributed by atoms with Gasteiger partial charge in [0.1, 0.15) is 4.87 Å². The van der Waals surface area contributed by atoms with Crippen LogP contribution in [0.15, 0.2) is 24.3 Å². The summed E-state index contributed by atoms with van der Waals surface area (Å²) in [5.74, 6) is -0.543. The highest BCUT2D eigenvalue weighted by atomic mass is 35.5. The number of carbonyl (C=O) groups excluding carboxylic acids is 2. The number of aryl methyl sites for hydroxylation is 1. The molecule has 0 radical (unpaired) electrons. The Balaban J connectivity index is 2.47. The first-order valence-corrected chi connectivity index (χ1v) is 5.93. The van der Waals surface area contributed by atoms with Crippen LogP contribution in [0, 0.1) is 0 Å². The molecule has 0 N–H and O–H groups in total. The van der Waals surface area contributed by atoms with Crippen LogP contribution in [-0.4, -0.2) is 16.7 Å². The van der Waals surface area contributed by atoms with Gasteiger partial charge in [-0.3, -0.25) is 9.59 Å². The van der Waals surface area contributed by atoms with Crippen LogP contribution >= 0.6 is 11.6 Å². The molecule has 0 aliphatic carbocycles. The van der Waals surface area contributed by atoms with Crippen molar-refractivity contribution in [3.05, 3.63) is 29.8 Å². The van der Waals surface area contributed by atoms with Crippen molar-refractivity contribution >= 4 is 29.1 Å². The zero-order chi connectivity index (χ0) is 12.6. The molecule has 0 saturated heterocycles. The number of para-hydroxylation sites is 1. The van der Waals surface area contributed by atoms with Gasteiger partial charge in [0.2, 0.25) is 5.91 Å². The minimum absolute atomic E-state index is 0.178. The summed E-state index contributed by atoms with van der Waals surface area (Å²) in [5.41, 5.74) is 1.68. The third-order valence-electron chi connectivity index (χ3n) is 2.80. The minimum atomic E-state index is -1.07. The van der Waals surface area contributed by atoms with E-state index in [4.69, 9.17) is 11.6 Å². The Bertz CT molecular complexity index is 477. The molecule has 0 bridgehead atoms. The van der Waals surface area contributed by atoms with Gasteiger partial charge in [-0.05, 0) is 31.9 Å². The van der Waals surface area contributed by atoms with E-state index in [1.807, 2.05) is 18.2 Å². The normalized spacial score (nSPS) is 15.7. The van der Waals surface area contributed by atoms with E-state index in [0.29, 0.717) is 18.5 Å². The summed E-state index contributed by atoms with van der Waals surface area (Å²) in [6.07, 6.45) is 1.04. The van der Waals surface area contributed by atoms with Crippen molar-refractivity contribution in [2.75, 3.05) is 4.90 Å². The third kappa shape index (κ3) is 2.20. The number of nitrogens with zero attached hydrogens (tertiary/aromatic N) is 1. The predicted octanol–water partition coefficient (Wildman–Crippen LogP) is 2.51. The maximum Gasteiger partial charge on any atom is 0.254 e. The molecule has 0 atom stereocenters. The highest BCUT2D eigenvalue weighted by Gasteiger charge is 2.37. The summed E-state index contributed by atoms with van der Waals surface area (Å²) in [4.78, 5) is 24.2. The van der Waals surface area contributed by atoms with Crippen LogP contribution in [0.1, 0.15) is 25.8 Å². The lowest BCUT2D eigenvalue weighted by Gasteiger charge is -2.31. The molecule has 2 rings (SSSR count). The van der Waals surface area contributed by atoms with Crippen molar-refractivity contribution in [3.8, 4) is 0 Å². The molecule has 1 heterocycles. The number of amides is 2. The third-order valence-corrected chi connectivity index (χ3v) is 2.96. The largest absolute Gasteiger partial charge is 0.274 e. The van der Waals surface area contributed by atoms with Gasteiger partial charge in [-0.2, -0.15) is 0 Å². The first-order valence-electron chi connectivity index (χ1n) is 5.55. The molecule has 0 saturated carbocycles. The Morgan fingerprint density at radius 2 is 1.94 bits per heavy atom. The number of anilines is 1. The SMILES string of the molecule is CC(C)(Cl)C(=O)N1C(=O)CCc2ccccc21. The summed E-state index contributed by atoms with van der Waals surface area (Å²) in [7, 11) is 0. The van der Waals surface area contributed by atoms with Crippen molar-refractivity contribution < 1.29 is 9.59 Å². The molecule has 90 valence electrons. The number of benzene rings is 1. The molecule has 1 aliphatic heterocycles. The number of halogens is 1. The maximum absolute atomic E-state index is 12.2.